The minimum absolute atomic E-state index is 0.0480. The second-order valence-electron chi connectivity index (χ2n) is 6.59. The zero-order chi connectivity index (χ0) is 19.8. The Hall–Kier alpha value is -1.70. The highest BCUT2D eigenvalue weighted by Gasteiger charge is 2.55. The molecule has 8 heteroatoms. The van der Waals surface area contributed by atoms with Crippen LogP contribution in [0.3, 0.4) is 0 Å². The Bertz CT molecular complexity index is 947. The maximum Gasteiger partial charge on any atom is 0.188 e. The van der Waals surface area contributed by atoms with Crippen molar-refractivity contribution in [3.05, 3.63) is 58.6 Å². The molecule has 1 aliphatic rings. The van der Waals surface area contributed by atoms with Crippen molar-refractivity contribution in [2.45, 2.75) is 29.4 Å². The number of fused-ring (bicyclic) bond motifs is 1. The minimum atomic E-state index is -4.17. The summed E-state index contributed by atoms with van der Waals surface area (Å²) in [6.45, 7) is 1.24. The average molecular weight is 417 g/mol. The number of hydrogen-bond acceptors (Lipinski definition) is 4. The molecule has 2 aromatic carbocycles. The summed E-state index contributed by atoms with van der Waals surface area (Å²) < 4.78 is 60.1. The lowest BCUT2D eigenvalue weighted by Crippen LogP contribution is -2.47. The summed E-state index contributed by atoms with van der Waals surface area (Å²) in [5.74, 6) is -2.75. The Morgan fingerprint density at radius 2 is 1.81 bits per heavy atom. The van der Waals surface area contributed by atoms with Gasteiger partial charge in [0, 0.05) is 18.1 Å². The first-order valence-corrected chi connectivity index (χ1v) is 10.3. The van der Waals surface area contributed by atoms with E-state index in [1.807, 2.05) is 0 Å². The molecular formula is C19H19ClF2O4S. The van der Waals surface area contributed by atoms with Crippen molar-refractivity contribution in [2.24, 2.45) is 5.92 Å². The Labute approximate surface area is 161 Å². The summed E-state index contributed by atoms with van der Waals surface area (Å²) in [6, 6.07) is 7.37. The molecular weight excluding hydrogens is 398 g/mol. The van der Waals surface area contributed by atoms with Crippen molar-refractivity contribution in [1.82, 2.24) is 0 Å². The highest BCUT2D eigenvalue weighted by Crippen LogP contribution is 2.52. The molecule has 0 fully saturated rings. The van der Waals surface area contributed by atoms with Crippen LogP contribution < -0.4 is 4.74 Å². The van der Waals surface area contributed by atoms with Gasteiger partial charge in [0.25, 0.3) is 0 Å². The third-order valence-electron chi connectivity index (χ3n) is 5.16. The van der Waals surface area contributed by atoms with E-state index in [9.17, 15) is 22.3 Å². The van der Waals surface area contributed by atoms with Gasteiger partial charge in [-0.05, 0) is 48.7 Å². The highest BCUT2D eigenvalue weighted by molar-refractivity contribution is 7.92. The largest absolute Gasteiger partial charge is 0.490 e. The molecule has 0 radical (unpaired) electrons. The summed E-state index contributed by atoms with van der Waals surface area (Å²) in [6.07, 6.45) is 0.0364. The molecule has 0 aliphatic carbocycles. The van der Waals surface area contributed by atoms with E-state index in [2.05, 4.69) is 0 Å². The first-order valence-electron chi connectivity index (χ1n) is 8.48. The zero-order valence-corrected chi connectivity index (χ0v) is 16.2. The monoisotopic (exact) mass is 416 g/mol. The summed E-state index contributed by atoms with van der Waals surface area (Å²) in [5.41, 5.74) is -0.315. The van der Waals surface area contributed by atoms with Gasteiger partial charge in [0.1, 0.15) is 10.6 Å². The van der Waals surface area contributed by atoms with Crippen LogP contribution in [0.4, 0.5) is 8.78 Å². The van der Waals surface area contributed by atoms with E-state index in [4.69, 9.17) is 16.3 Å². The number of aliphatic hydroxyl groups excluding tert-OH is 1. The Balaban J connectivity index is 2.35. The van der Waals surface area contributed by atoms with E-state index in [-0.39, 0.29) is 42.3 Å². The van der Waals surface area contributed by atoms with Gasteiger partial charge in [-0.25, -0.2) is 17.2 Å². The fourth-order valence-corrected chi connectivity index (χ4v) is 6.28. The number of aliphatic hydroxyl groups is 1. The summed E-state index contributed by atoms with van der Waals surface area (Å²) in [5, 5.41) is 9.77. The molecule has 2 unspecified atom stereocenters. The van der Waals surface area contributed by atoms with E-state index >= 15 is 0 Å². The quantitative estimate of drug-likeness (QED) is 0.797. The van der Waals surface area contributed by atoms with Gasteiger partial charge < -0.3 is 9.84 Å². The number of hydrogen-bond donors (Lipinski definition) is 1. The van der Waals surface area contributed by atoms with Crippen molar-refractivity contribution >= 4 is 21.4 Å². The second kappa shape index (κ2) is 7.37. The molecule has 146 valence electrons. The summed E-state index contributed by atoms with van der Waals surface area (Å²) in [7, 11) is -4.17. The third kappa shape index (κ3) is 3.11. The lowest BCUT2D eigenvalue weighted by molar-refractivity contribution is 0.178. The third-order valence-corrected chi connectivity index (χ3v) is 8.08. The van der Waals surface area contributed by atoms with Crippen molar-refractivity contribution in [2.75, 3.05) is 13.2 Å². The van der Waals surface area contributed by atoms with Crippen molar-refractivity contribution < 1.29 is 27.0 Å². The molecule has 0 saturated carbocycles. The lowest BCUT2D eigenvalue weighted by Gasteiger charge is -2.42. The minimum Gasteiger partial charge on any atom is -0.490 e. The van der Waals surface area contributed by atoms with Crippen LogP contribution in [0, 0.1) is 17.6 Å². The molecule has 0 amide bonds. The van der Waals surface area contributed by atoms with E-state index in [1.165, 1.54) is 24.3 Å². The normalized spacial score (nSPS) is 20.6. The standard InChI is InChI=1S/C19H19ClF2O4S/c1-12(8-10-23)19(27(24,25)14-4-2-13(20)3-5-14)9-11-26-18-16(22)7-6-15(21)17(18)19/h2-7,12,23H,8-11H2,1H3. The molecule has 0 bridgehead atoms. The Morgan fingerprint density at radius 1 is 1.19 bits per heavy atom. The van der Waals surface area contributed by atoms with Gasteiger partial charge in [0.05, 0.1) is 17.1 Å². The van der Waals surface area contributed by atoms with Crippen molar-refractivity contribution in [1.29, 1.82) is 0 Å². The van der Waals surface area contributed by atoms with E-state index < -0.39 is 32.1 Å². The number of benzene rings is 2. The number of halogens is 3. The highest BCUT2D eigenvalue weighted by atomic mass is 35.5. The van der Waals surface area contributed by atoms with Crippen LogP contribution in [0.25, 0.3) is 0 Å². The van der Waals surface area contributed by atoms with Crippen LogP contribution in [0.15, 0.2) is 41.3 Å². The summed E-state index contributed by atoms with van der Waals surface area (Å²) in [4.78, 5) is -0.0480. The van der Waals surface area contributed by atoms with Crippen LogP contribution in [0.5, 0.6) is 5.75 Å². The fraction of sp³-hybridized carbons (Fsp3) is 0.368. The molecule has 2 aromatic rings. The van der Waals surface area contributed by atoms with Gasteiger partial charge in [-0.1, -0.05) is 18.5 Å². The van der Waals surface area contributed by atoms with Crippen LogP contribution in [-0.4, -0.2) is 26.7 Å². The summed E-state index contributed by atoms with van der Waals surface area (Å²) >= 11 is 5.86. The van der Waals surface area contributed by atoms with E-state index in [0.29, 0.717) is 5.02 Å². The van der Waals surface area contributed by atoms with Crippen LogP contribution in [-0.2, 0) is 14.6 Å². The van der Waals surface area contributed by atoms with Crippen molar-refractivity contribution in [3.8, 4) is 5.75 Å². The number of sulfone groups is 1. The molecule has 3 rings (SSSR count). The molecule has 0 aromatic heterocycles. The Morgan fingerprint density at radius 3 is 2.44 bits per heavy atom. The van der Waals surface area contributed by atoms with E-state index in [0.717, 1.165) is 12.1 Å². The maximum absolute atomic E-state index is 14.9. The average Bonchev–Trinajstić information content (AvgIpc) is 2.64. The van der Waals surface area contributed by atoms with Crippen LogP contribution in [0.2, 0.25) is 5.02 Å². The van der Waals surface area contributed by atoms with Gasteiger partial charge >= 0.3 is 0 Å². The first kappa shape index (κ1) is 20.0. The molecule has 1 heterocycles. The first-order chi connectivity index (χ1) is 12.8. The van der Waals surface area contributed by atoms with Gasteiger partial charge in [-0.15, -0.1) is 0 Å². The zero-order valence-electron chi connectivity index (χ0n) is 14.6. The van der Waals surface area contributed by atoms with Crippen LogP contribution in [0.1, 0.15) is 25.3 Å². The van der Waals surface area contributed by atoms with Crippen LogP contribution >= 0.6 is 11.6 Å². The molecule has 1 aliphatic heterocycles. The van der Waals surface area contributed by atoms with Gasteiger partial charge in [-0.2, -0.15) is 0 Å². The maximum atomic E-state index is 14.9. The smallest absolute Gasteiger partial charge is 0.188 e. The molecule has 27 heavy (non-hydrogen) atoms. The van der Waals surface area contributed by atoms with E-state index in [1.54, 1.807) is 6.92 Å². The van der Waals surface area contributed by atoms with Gasteiger partial charge in [0.15, 0.2) is 21.4 Å². The van der Waals surface area contributed by atoms with Crippen molar-refractivity contribution in [3.63, 3.8) is 0 Å². The van der Waals surface area contributed by atoms with Gasteiger partial charge in [-0.3, -0.25) is 0 Å². The predicted octanol–water partition coefficient (Wildman–Crippen LogP) is 4.09. The second-order valence-corrected chi connectivity index (χ2v) is 9.24. The fourth-order valence-electron chi connectivity index (χ4n) is 3.78. The molecule has 0 spiro atoms. The SMILES string of the molecule is CC(CCO)C1(S(=O)(=O)c2ccc(Cl)cc2)CCOc2c(F)ccc(F)c21. The van der Waals surface area contributed by atoms with Gasteiger partial charge in [0.2, 0.25) is 0 Å². The molecule has 2 atom stereocenters. The molecule has 0 saturated heterocycles. The lowest BCUT2D eigenvalue weighted by atomic mass is 9.80. The molecule has 4 nitrogen and oxygen atoms in total. The number of ether oxygens (including phenoxy) is 1. The predicted molar refractivity (Wildman–Crippen MR) is 97.7 cm³/mol. The topological polar surface area (TPSA) is 63.6 Å². The molecule has 1 N–H and O–H groups in total. The number of rotatable bonds is 5. The Kier molecular flexibility index (Phi) is 5.47.